The van der Waals surface area contributed by atoms with Crippen LogP contribution >= 0.6 is 11.6 Å². The van der Waals surface area contributed by atoms with Crippen LogP contribution in [0.25, 0.3) is 0 Å². The molecule has 2 aromatic rings. The van der Waals surface area contributed by atoms with Gasteiger partial charge in [0.1, 0.15) is 17.5 Å². The van der Waals surface area contributed by atoms with Crippen LogP contribution in [0, 0.1) is 0 Å². The summed E-state index contributed by atoms with van der Waals surface area (Å²) < 4.78 is 10.3. The van der Waals surface area contributed by atoms with Gasteiger partial charge in [-0.15, -0.1) is 0 Å². The predicted molar refractivity (Wildman–Crippen MR) is 102 cm³/mol. The van der Waals surface area contributed by atoms with Gasteiger partial charge in [-0.25, -0.2) is 10.3 Å². The van der Waals surface area contributed by atoms with E-state index in [2.05, 4.69) is 10.9 Å². The maximum atomic E-state index is 12.6. The Kier molecular flexibility index (Phi) is 5.81. The number of hydrogen-bond donors (Lipinski definition) is 2. The van der Waals surface area contributed by atoms with Crippen molar-refractivity contribution in [3.05, 3.63) is 53.1 Å². The van der Waals surface area contributed by atoms with Crippen molar-refractivity contribution in [1.82, 2.24) is 10.9 Å². The Morgan fingerprint density at radius 3 is 2.25 bits per heavy atom. The molecule has 3 amide bonds. The summed E-state index contributed by atoms with van der Waals surface area (Å²) >= 11 is 5.84. The molecule has 2 aromatic carbocycles. The van der Waals surface area contributed by atoms with Crippen LogP contribution in [0.2, 0.25) is 5.02 Å². The number of rotatable bonds is 6. The van der Waals surface area contributed by atoms with E-state index >= 15 is 0 Å². The normalized spacial score (nSPS) is 16.2. The average Bonchev–Trinajstić information content (AvgIpc) is 2.99. The predicted octanol–water partition coefficient (Wildman–Crippen LogP) is 1.92. The maximum Gasteiger partial charge on any atom is 0.265 e. The lowest BCUT2D eigenvalue weighted by Gasteiger charge is -2.16. The molecule has 8 nitrogen and oxygen atoms in total. The molecule has 2 N–H and O–H groups in total. The summed E-state index contributed by atoms with van der Waals surface area (Å²) in [6.45, 7) is 0. The minimum Gasteiger partial charge on any atom is -0.497 e. The first-order valence-electron chi connectivity index (χ1n) is 8.34. The Hall–Kier alpha value is -3.10. The fraction of sp³-hybridized carbons (Fsp3) is 0.211. The SMILES string of the molecule is COc1cc(OC)cc(C(=O)NN[C@H]2CC(=O)N(c3ccc(Cl)cc3)C2=O)c1. The molecule has 9 heteroatoms. The molecule has 1 saturated heterocycles. The Labute approximate surface area is 166 Å². The standard InChI is InChI=1S/C19H18ClN3O5/c1-27-14-7-11(8-15(9-14)28-2)18(25)22-21-16-10-17(24)23(19(16)26)13-5-3-12(20)4-6-13/h3-9,16,21H,10H2,1-2H3,(H,22,25)/t16-/m0/s1. The van der Waals surface area contributed by atoms with Crippen LogP contribution in [0.5, 0.6) is 11.5 Å². The minimum absolute atomic E-state index is 0.0802. The van der Waals surface area contributed by atoms with Gasteiger partial charge < -0.3 is 9.47 Å². The highest BCUT2D eigenvalue weighted by molar-refractivity contribution is 6.30. The molecule has 146 valence electrons. The lowest BCUT2D eigenvalue weighted by atomic mass is 10.2. The molecule has 0 saturated carbocycles. The van der Waals surface area contributed by atoms with Crippen molar-refractivity contribution >= 4 is 35.0 Å². The van der Waals surface area contributed by atoms with Crippen LogP contribution in [-0.2, 0) is 9.59 Å². The van der Waals surface area contributed by atoms with Crippen LogP contribution in [-0.4, -0.2) is 38.0 Å². The molecule has 1 aliphatic rings. The molecule has 28 heavy (non-hydrogen) atoms. The maximum absolute atomic E-state index is 12.6. The van der Waals surface area contributed by atoms with E-state index < -0.39 is 17.9 Å². The second kappa shape index (κ2) is 8.28. The van der Waals surface area contributed by atoms with E-state index in [0.29, 0.717) is 22.2 Å². The number of anilines is 1. The summed E-state index contributed by atoms with van der Waals surface area (Å²) in [5, 5.41) is 0.499. The van der Waals surface area contributed by atoms with Crippen molar-refractivity contribution in [2.45, 2.75) is 12.5 Å². The quantitative estimate of drug-likeness (QED) is 0.565. The number of methoxy groups -OCH3 is 2. The van der Waals surface area contributed by atoms with E-state index in [4.69, 9.17) is 21.1 Å². The number of carbonyl (C=O) groups is 3. The van der Waals surface area contributed by atoms with E-state index in [-0.39, 0.29) is 17.9 Å². The second-order valence-corrected chi connectivity index (χ2v) is 6.44. The van der Waals surface area contributed by atoms with Gasteiger partial charge in [-0.3, -0.25) is 19.8 Å². The number of hydrazine groups is 1. The zero-order valence-electron chi connectivity index (χ0n) is 15.2. The topological polar surface area (TPSA) is 97.0 Å². The fourth-order valence-electron chi connectivity index (χ4n) is 2.77. The monoisotopic (exact) mass is 403 g/mol. The summed E-state index contributed by atoms with van der Waals surface area (Å²) in [6, 6.07) is 10.2. The molecular formula is C19H18ClN3O5. The number of imide groups is 1. The van der Waals surface area contributed by atoms with Crippen molar-refractivity contribution in [1.29, 1.82) is 0 Å². The molecule has 1 heterocycles. The van der Waals surface area contributed by atoms with Gasteiger partial charge >= 0.3 is 0 Å². The zero-order valence-corrected chi connectivity index (χ0v) is 15.9. The first-order chi connectivity index (χ1) is 13.4. The molecule has 0 unspecified atom stereocenters. The Morgan fingerprint density at radius 1 is 1.07 bits per heavy atom. The molecule has 0 bridgehead atoms. The molecule has 0 spiro atoms. The zero-order chi connectivity index (χ0) is 20.3. The highest BCUT2D eigenvalue weighted by atomic mass is 35.5. The second-order valence-electron chi connectivity index (χ2n) is 6.00. The van der Waals surface area contributed by atoms with Crippen LogP contribution < -0.4 is 25.2 Å². The van der Waals surface area contributed by atoms with Crippen LogP contribution in [0.1, 0.15) is 16.8 Å². The van der Waals surface area contributed by atoms with Gasteiger partial charge in [-0.2, -0.15) is 0 Å². The summed E-state index contributed by atoms with van der Waals surface area (Å²) in [4.78, 5) is 38.3. The number of nitrogens with zero attached hydrogens (tertiary/aromatic N) is 1. The van der Waals surface area contributed by atoms with Gasteiger partial charge in [0, 0.05) is 16.7 Å². The molecule has 0 aromatic heterocycles. The smallest absolute Gasteiger partial charge is 0.265 e. The van der Waals surface area contributed by atoms with Gasteiger partial charge in [0.15, 0.2) is 0 Å². The minimum atomic E-state index is -0.875. The average molecular weight is 404 g/mol. The van der Waals surface area contributed by atoms with Gasteiger partial charge in [0.2, 0.25) is 5.91 Å². The van der Waals surface area contributed by atoms with Crippen molar-refractivity contribution in [2.24, 2.45) is 0 Å². The third-order valence-corrected chi connectivity index (χ3v) is 4.46. The first-order valence-corrected chi connectivity index (χ1v) is 8.72. The van der Waals surface area contributed by atoms with Crippen LogP contribution in [0.15, 0.2) is 42.5 Å². The number of amides is 3. The Bertz CT molecular complexity index is 894. The highest BCUT2D eigenvalue weighted by Gasteiger charge is 2.39. The van der Waals surface area contributed by atoms with Crippen molar-refractivity contribution in [2.75, 3.05) is 19.1 Å². The van der Waals surface area contributed by atoms with E-state index in [0.717, 1.165) is 4.90 Å². The molecule has 1 fully saturated rings. The number of carbonyl (C=O) groups excluding carboxylic acids is 3. The van der Waals surface area contributed by atoms with Crippen molar-refractivity contribution in [3.63, 3.8) is 0 Å². The number of hydrogen-bond acceptors (Lipinski definition) is 6. The summed E-state index contributed by atoms with van der Waals surface area (Å²) in [7, 11) is 2.95. The van der Waals surface area contributed by atoms with Gasteiger partial charge in [-0.05, 0) is 36.4 Å². The number of ether oxygens (including phenoxy) is 2. The molecule has 3 rings (SSSR count). The molecule has 1 atom stereocenters. The first kappa shape index (κ1) is 19.7. The third-order valence-electron chi connectivity index (χ3n) is 4.21. The third kappa shape index (κ3) is 4.08. The van der Waals surface area contributed by atoms with E-state index in [9.17, 15) is 14.4 Å². The van der Waals surface area contributed by atoms with Crippen LogP contribution in [0.4, 0.5) is 5.69 Å². The number of nitrogens with one attached hydrogen (secondary N) is 2. The van der Waals surface area contributed by atoms with Crippen molar-refractivity contribution < 1.29 is 23.9 Å². The summed E-state index contributed by atoms with van der Waals surface area (Å²) in [5.74, 6) is -0.434. The van der Waals surface area contributed by atoms with Crippen molar-refractivity contribution in [3.8, 4) is 11.5 Å². The Morgan fingerprint density at radius 2 is 1.68 bits per heavy atom. The molecular weight excluding hydrogens is 386 g/mol. The highest BCUT2D eigenvalue weighted by Crippen LogP contribution is 2.25. The Balaban J connectivity index is 1.68. The summed E-state index contributed by atoms with van der Waals surface area (Å²) in [5.41, 5.74) is 5.78. The van der Waals surface area contributed by atoms with Gasteiger partial charge in [0.05, 0.1) is 26.3 Å². The molecule has 0 radical (unpaired) electrons. The number of halogens is 1. The van der Waals surface area contributed by atoms with E-state index in [1.165, 1.54) is 26.4 Å². The molecule has 1 aliphatic heterocycles. The number of benzene rings is 2. The van der Waals surface area contributed by atoms with Crippen LogP contribution in [0.3, 0.4) is 0 Å². The lowest BCUT2D eigenvalue weighted by Crippen LogP contribution is -2.48. The summed E-state index contributed by atoms with van der Waals surface area (Å²) in [6.07, 6.45) is -0.0802. The van der Waals surface area contributed by atoms with Gasteiger partial charge in [-0.1, -0.05) is 11.6 Å². The molecule has 0 aliphatic carbocycles. The van der Waals surface area contributed by atoms with E-state index in [1.807, 2.05) is 0 Å². The van der Waals surface area contributed by atoms with E-state index in [1.54, 1.807) is 30.3 Å². The largest absolute Gasteiger partial charge is 0.497 e. The fourth-order valence-corrected chi connectivity index (χ4v) is 2.90. The van der Waals surface area contributed by atoms with Gasteiger partial charge in [0.25, 0.3) is 11.8 Å². The lowest BCUT2D eigenvalue weighted by molar-refractivity contribution is -0.121.